The highest BCUT2D eigenvalue weighted by molar-refractivity contribution is 7.90. The fourth-order valence-electron chi connectivity index (χ4n) is 2.63. The van der Waals surface area contributed by atoms with Crippen molar-refractivity contribution in [3.63, 3.8) is 0 Å². The summed E-state index contributed by atoms with van der Waals surface area (Å²) in [6.07, 6.45) is 1.46. The summed E-state index contributed by atoms with van der Waals surface area (Å²) in [7, 11) is -4.38. The van der Waals surface area contributed by atoms with Crippen molar-refractivity contribution in [2.24, 2.45) is 0 Å². The molecule has 0 aliphatic carbocycles. The van der Waals surface area contributed by atoms with Crippen LogP contribution in [-0.2, 0) is 21.1 Å². The molecule has 0 bridgehead atoms. The van der Waals surface area contributed by atoms with Crippen LogP contribution < -0.4 is 4.65 Å². The van der Waals surface area contributed by atoms with E-state index >= 15 is 0 Å². The monoisotopic (exact) mass is 338 g/mol. The molecule has 1 atom stereocenters. The van der Waals surface area contributed by atoms with Crippen LogP contribution in [0.5, 0.6) is 5.75 Å². The molecule has 8 heteroatoms. The summed E-state index contributed by atoms with van der Waals surface area (Å²) in [5.74, 6) is -0.657. The van der Waals surface area contributed by atoms with Gasteiger partial charge in [-0.25, -0.2) is 8.42 Å². The Bertz CT molecular complexity index is 727. The van der Waals surface area contributed by atoms with Crippen LogP contribution in [-0.4, -0.2) is 44.1 Å². The molecule has 0 unspecified atom stereocenters. The maximum Gasteiger partial charge on any atom is 0.526 e. The fraction of sp³-hybridized carbons (Fsp3) is 0.467. The zero-order valence-corrected chi connectivity index (χ0v) is 13.9. The summed E-state index contributed by atoms with van der Waals surface area (Å²) in [6, 6.07) is 5.16. The van der Waals surface area contributed by atoms with Gasteiger partial charge in [0, 0.05) is 24.9 Å². The lowest BCUT2D eigenvalue weighted by molar-refractivity contribution is -0.118. The van der Waals surface area contributed by atoms with E-state index in [0.717, 1.165) is 11.8 Å². The van der Waals surface area contributed by atoms with Gasteiger partial charge in [0.25, 0.3) is 0 Å². The molecular weight excluding hydrogens is 319 g/mol. The maximum absolute atomic E-state index is 11.9. The van der Waals surface area contributed by atoms with E-state index in [1.807, 2.05) is 0 Å². The van der Waals surface area contributed by atoms with Gasteiger partial charge in [0.05, 0.1) is 11.3 Å². The Morgan fingerprint density at radius 3 is 2.70 bits per heavy atom. The molecule has 0 aromatic heterocycles. The topological polar surface area (TPSA) is 97.7 Å². The number of Topliss-reactive ketones (excluding diaryl/α,β-unsaturated/α-hetero) is 2. The summed E-state index contributed by atoms with van der Waals surface area (Å²) in [5, 5.41) is 10.1. The third-order valence-electron chi connectivity index (χ3n) is 3.84. The quantitative estimate of drug-likeness (QED) is 0.615. The molecule has 0 fully saturated rings. The van der Waals surface area contributed by atoms with Gasteiger partial charge in [0.15, 0.2) is 5.78 Å². The number of carbonyl (C=O) groups excluding carboxylic acids is 2. The van der Waals surface area contributed by atoms with Crippen molar-refractivity contribution >= 4 is 28.5 Å². The number of hydrogen-bond donors (Lipinski definition) is 1. The second-order valence-electron chi connectivity index (χ2n) is 5.95. The van der Waals surface area contributed by atoms with E-state index < -0.39 is 22.8 Å². The predicted octanol–water partition coefficient (Wildman–Crippen LogP) is 1.07. The fourth-order valence-corrected chi connectivity index (χ4v) is 3.23. The molecule has 6 nitrogen and oxygen atoms in total. The van der Waals surface area contributed by atoms with Crippen molar-refractivity contribution in [1.29, 1.82) is 0 Å². The van der Waals surface area contributed by atoms with Crippen molar-refractivity contribution in [3.8, 4) is 5.75 Å². The first-order valence-electron chi connectivity index (χ1n) is 7.34. The Morgan fingerprint density at radius 2 is 2.09 bits per heavy atom. The van der Waals surface area contributed by atoms with Gasteiger partial charge in [0.2, 0.25) is 0 Å². The molecule has 1 aromatic carbocycles. The average Bonchev–Trinajstić information content (AvgIpc) is 2.44. The molecule has 0 radical (unpaired) electrons. The van der Waals surface area contributed by atoms with E-state index in [1.165, 1.54) is 6.92 Å². The highest BCUT2D eigenvalue weighted by atomic mass is 32.2. The van der Waals surface area contributed by atoms with Crippen molar-refractivity contribution < 1.29 is 27.7 Å². The van der Waals surface area contributed by atoms with E-state index in [0.29, 0.717) is 17.7 Å². The van der Waals surface area contributed by atoms with Gasteiger partial charge in [-0.3, -0.25) is 9.59 Å². The summed E-state index contributed by atoms with van der Waals surface area (Å²) in [4.78, 5) is 23.5. The molecule has 1 heterocycles. The normalized spacial score (nSPS) is 17.3. The van der Waals surface area contributed by atoms with Crippen LogP contribution in [0.1, 0.15) is 35.7 Å². The molecule has 0 spiro atoms. The van der Waals surface area contributed by atoms with Gasteiger partial charge in [0.1, 0.15) is 21.4 Å². The number of para-hydroxylation sites is 1. The Labute approximate surface area is 135 Å². The van der Waals surface area contributed by atoms with Gasteiger partial charge in [-0.2, -0.15) is 0 Å². The minimum Gasteiger partial charge on any atom is -0.535 e. The smallest absolute Gasteiger partial charge is 0.526 e. The van der Waals surface area contributed by atoms with Gasteiger partial charge in [-0.05, 0) is 25.0 Å². The van der Waals surface area contributed by atoms with E-state index in [9.17, 15) is 23.0 Å². The van der Waals surface area contributed by atoms with E-state index in [2.05, 4.69) is 0 Å². The number of carbonyl (C=O) groups is 2. The molecule has 124 valence electrons. The second-order valence-corrected chi connectivity index (χ2v) is 8.21. The van der Waals surface area contributed by atoms with Gasteiger partial charge in [-0.1, -0.05) is 12.1 Å². The molecule has 1 aromatic rings. The van der Waals surface area contributed by atoms with Crippen LogP contribution in [0.25, 0.3) is 0 Å². The number of rotatable bonds is 6. The van der Waals surface area contributed by atoms with Crippen molar-refractivity contribution in [2.75, 3.05) is 12.0 Å². The first kappa shape index (κ1) is 17.7. The minimum absolute atomic E-state index is 0.0421. The van der Waals surface area contributed by atoms with Crippen LogP contribution in [0.2, 0.25) is 5.82 Å². The third-order valence-corrected chi connectivity index (χ3v) is 4.79. The third kappa shape index (κ3) is 4.65. The number of benzene rings is 1. The van der Waals surface area contributed by atoms with E-state index in [-0.39, 0.29) is 30.2 Å². The molecular formula is C15H19BO6S. The lowest BCUT2D eigenvalue weighted by atomic mass is 9.64. The summed E-state index contributed by atoms with van der Waals surface area (Å²) in [6.45, 7) is 1.42. The molecule has 23 heavy (non-hydrogen) atoms. The Hall–Kier alpha value is -1.67. The molecule has 1 aliphatic rings. The van der Waals surface area contributed by atoms with Crippen LogP contribution in [0.3, 0.4) is 0 Å². The molecule has 0 amide bonds. The number of ketones is 2. The van der Waals surface area contributed by atoms with Crippen molar-refractivity contribution in [2.45, 2.75) is 32.0 Å². The highest BCUT2D eigenvalue weighted by Gasteiger charge is 2.37. The van der Waals surface area contributed by atoms with E-state index in [1.54, 1.807) is 18.2 Å². The largest absolute Gasteiger partial charge is 0.535 e. The first-order valence-corrected chi connectivity index (χ1v) is 9.40. The van der Waals surface area contributed by atoms with E-state index in [4.69, 9.17) is 4.65 Å². The van der Waals surface area contributed by atoms with Gasteiger partial charge >= 0.3 is 7.12 Å². The lowest BCUT2D eigenvalue weighted by Crippen LogP contribution is -2.35. The maximum atomic E-state index is 11.9. The highest BCUT2D eigenvalue weighted by Crippen LogP contribution is 2.36. The van der Waals surface area contributed by atoms with Crippen LogP contribution >= 0.6 is 0 Å². The number of hydrogen-bond acceptors (Lipinski definition) is 6. The van der Waals surface area contributed by atoms with Crippen LogP contribution in [0.4, 0.5) is 0 Å². The standard InChI is InChI=1S/C15H19BO6S/c1-10(17)14-5-3-4-11-8-12(16(19)22-15(11)14)9-13(18)6-7-23(2,20)21/h3-5,12,19H,6-9H2,1-2H3/t12-/m1/s1. The number of fused-ring (bicyclic) bond motifs is 1. The molecule has 1 N–H and O–H groups in total. The van der Waals surface area contributed by atoms with Crippen molar-refractivity contribution in [1.82, 2.24) is 0 Å². The zero-order valence-electron chi connectivity index (χ0n) is 13.1. The SMILES string of the molecule is CC(=O)c1cccc2c1OB(O)[C@@H](CC(=O)CCS(C)(=O)=O)C2. The van der Waals surface area contributed by atoms with Crippen molar-refractivity contribution in [3.05, 3.63) is 29.3 Å². The summed E-state index contributed by atoms with van der Waals surface area (Å²) < 4.78 is 27.6. The Morgan fingerprint density at radius 1 is 1.39 bits per heavy atom. The molecule has 0 saturated carbocycles. The van der Waals surface area contributed by atoms with Crippen LogP contribution in [0, 0.1) is 0 Å². The molecule has 2 rings (SSSR count). The second kappa shape index (κ2) is 6.84. The molecule has 0 saturated heterocycles. The molecule has 1 aliphatic heterocycles. The lowest BCUT2D eigenvalue weighted by Gasteiger charge is -2.28. The first-order chi connectivity index (χ1) is 10.7. The van der Waals surface area contributed by atoms with Gasteiger partial charge < -0.3 is 9.68 Å². The average molecular weight is 338 g/mol. The summed E-state index contributed by atoms with van der Waals surface area (Å²) in [5.41, 5.74) is 1.17. The zero-order chi connectivity index (χ0) is 17.2. The predicted molar refractivity (Wildman–Crippen MR) is 86.5 cm³/mol. The Balaban J connectivity index is 2.08. The number of sulfone groups is 1. The summed E-state index contributed by atoms with van der Waals surface area (Å²) >= 11 is 0. The minimum atomic E-state index is -3.19. The Kier molecular flexibility index (Phi) is 5.26. The van der Waals surface area contributed by atoms with Crippen LogP contribution in [0.15, 0.2) is 18.2 Å². The van der Waals surface area contributed by atoms with Gasteiger partial charge in [-0.15, -0.1) is 0 Å².